The fourth-order valence-electron chi connectivity index (χ4n) is 4.05. The van der Waals surface area contributed by atoms with Crippen molar-refractivity contribution in [2.45, 2.75) is 25.9 Å². The Kier molecular flexibility index (Phi) is 9.73. The van der Waals surface area contributed by atoms with Gasteiger partial charge >= 0.3 is 0 Å². The highest BCUT2D eigenvalue weighted by Gasteiger charge is 2.20. The van der Waals surface area contributed by atoms with Crippen LogP contribution in [0.3, 0.4) is 0 Å². The Bertz CT molecular complexity index is 926. The van der Waals surface area contributed by atoms with Crippen LogP contribution in [0.4, 0.5) is 0 Å². The number of piperidine rings is 1. The van der Waals surface area contributed by atoms with Crippen molar-refractivity contribution in [2.24, 2.45) is 5.92 Å². The summed E-state index contributed by atoms with van der Waals surface area (Å²) in [6.07, 6.45) is 3.53. The second-order valence-electron chi connectivity index (χ2n) is 8.17. The van der Waals surface area contributed by atoms with Gasteiger partial charge < -0.3 is 9.47 Å². The normalized spacial score (nSPS) is 14.5. The third kappa shape index (κ3) is 7.44. The summed E-state index contributed by atoms with van der Waals surface area (Å²) in [5, 5.41) is 0.898. The minimum absolute atomic E-state index is 0. The van der Waals surface area contributed by atoms with Gasteiger partial charge in [-0.2, -0.15) is 0 Å². The molecule has 3 nitrogen and oxygen atoms in total. The molecule has 0 aliphatic carbocycles. The maximum Gasteiger partial charge on any atom is 0.120 e. The minimum atomic E-state index is 0. The first-order chi connectivity index (χ1) is 15.3. The second-order valence-corrected chi connectivity index (χ2v) is 8.58. The topological polar surface area (TPSA) is 21.7 Å². The molecular formula is C27H31Cl2NO2. The van der Waals surface area contributed by atoms with Crippen LogP contribution >= 0.6 is 24.0 Å². The molecule has 1 fully saturated rings. The molecule has 170 valence electrons. The first kappa shape index (κ1) is 24.4. The first-order valence-electron chi connectivity index (χ1n) is 11.1. The van der Waals surface area contributed by atoms with E-state index >= 15 is 0 Å². The zero-order valence-corrected chi connectivity index (χ0v) is 19.9. The van der Waals surface area contributed by atoms with Crippen molar-refractivity contribution in [1.82, 2.24) is 4.90 Å². The number of rotatable bonds is 9. The number of halogens is 2. The molecule has 32 heavy (non-hydrogen) atoms. The second kappa shape index (κ2) is 12.7. The van der Waals surface area contributed by atoms with Crippen molar-refractivity contribution in [3.05, 3.63) is 95.0 Å². The smallest absolute Gasteiger partial charge is 0.120 e. The van der Waals surface area contributed by atoms with E-state index in [1.165, 1.54) is 24.0 Å². The average Bonchev–Trinajstić information content (AvgIpc) is 2.82. The Morgan fingerprint density at radius 1 is 0.781 bits per heavy atom. The number of hydrogen-bond acceptors (Lipinski definition) is 3. The molecule has 0 N–H and O–H groups in total. The standard InChI is InChI=1S/C27H30ClNO2.ClH/c28-27-9-5-4-8-24(27)20-22-14-16-29(17-15-22)18-19-30-25-10-12-26(13-11-25)31-21-23-6-2-1-3-7-23;/h1-13,22H,14-21H2;1H. The summed E-state index contributed by atoms with van der Waals surface area (Å²) in [6.45, 7) is 4.51. The van der Waals surface area contributed by atoms with Gasteiger partial charge in [-0.1, -0.05) is 60.1 Å². The molecule has 1 aliphatic heterocycles. The van der Waals surface area contributed by atoms with Crippen LogP contribution in [-0.4, -0.2) is 31.1 Å². The summed E-state index contributed by atoms with van der Waals surface area (Å²) in [5.74, 6) is 2.47. The van der Waals surface area contributed by atoms with Crippen LogP contribution in [0.5, 0.6) is 11.5 Å². The van der Waals surface area contributed by atoms with Gasteiger partial charge in [-0.15, -0.1) is 12.4 Å². The molecule has 3 aromatic carbocycles. The SMILES string of the molecule is Cl.Clc1ccccc1CC1CCN(CCOc2ccc(OCc3ccccc3)cc2)CC1. The van der Waals surface area contributed by atoms with E-state index in [0.717, 1.165) is 48.5 Å². The molecule has 0 spiro atoms. The van der Waals surface area contributed by atoms with Crippen LogP contribution in [0.1, 0.15) is 24.0 Å². The van der Waals surface area contributed by atoms with Crippen LogP contribution in [0.2, 0.25) is 5.02 Å². The van der Waals surface area contributed by atoms with Crippen LogP contribution in [0.15, 0.2) is 78.9 Å². The Balaban J connectivity index is 0.00000289. The van der Waals surface area contributed by atoms with E-state index < -0.39 is 0 Å². The Hall–Kier alpha value is -2.20. The highest BCUT2D eigenvalue weighted by Crippen LogP contribution is 2.25. The van der Waals surface area contributed by atoms with Gasteiger partial charge in [-0.05, 0) is 79.7 Å². The monoisotopic (exact) mass is 471 g/mol. The first-order valence-corrected chi connectivity index (χ1v) is 11.5. The minimum Gasteiger partial charge on any atom is -0.492 e. The lowest BCUT2D eigenvalue weighted by Crippen LogP contribution is -2.37. The lowest BCUT2D eigenvalue weighted by Gasteiger charge is -2.32. The molecule has 3 aromatic rings. The van der Waals surface area contributed by atoms with Gasteiger partial charge in [0.1, 0.15) is 24.7 Å². The molecule has 0 unspecified atom stereocenters. The summed E-state index contributed by atoms with van der Waals surface area (Å²) < 4.78 is 11.8. The Morgan fingerprint density at radius 2 is 1.41 bits per heavy atom. The summed E-state index contributed by atoms with van der Waals surface area (Å²) >= 11 is 6.32. The van der Waals surface area contributed by atoms with Crippen molar-refractivity contribution in [2.75, 3.05) is 26.2 Å². The van der Waals surface area contributed by atoms with Gasteiger partial charge in [-0.3, -0.25) is 4.90 Å². The molecule has 0 amide bonds. The van der Waals surface area contributed by atoms with Crippen molar-refractivity contribution in [1.29, 1.82) is 0 Å². The number of benzene rings is 3. The van der Waals surface area contributed by atoms with Crippen molar-refractivity contribution < 1.29 is 9.47 Å². The molecule has 1 heterocycles. The van der Waals surface area contributed by atoms with Gasteiger partial charge in [0.25, 0.3) is 0 Å². The molecular weight excluding hydrogens is 441 g/mol. The van der Waals surface area contributed by atoms with E-state index in [4.69, 9.17) is 21.1 Å². The van der Waals surface area contributed by atoms with Gasteiger partial charge in [0.15, 0.2) is 0 Å². The fourth-order valence-corrected chi connectivity index (χ4v) is 4.27. The van der Waals surface area contributed by atoms with Crippen LogP contribution in [0.25, 0.3) is 0 Å². The van der Waals surface area contributed by atoms with Crippen LogP contribution < -0.4 is 9.47 Å². The number of nitrogens with zero attached hydrogens (tertiary/aromatic N) is 1. The molecule has 1 aliphatic rings. The van der Waals surface area contributed by atoms with Gasteiger partial charge in [0, 0.05) is 11.6 Å². The van der Waals surface area contributed by atoms with Gasteiger partial charge in [0.2, 0.25) is 0 Å². The number of ether oxygens (including phenoxy) is 2. The van der Waals surface area contributed by atoms with E-state index in [1.54, 1.807) is 0 Å². The van der Waals surface area contributed by atoms with E-state index in [2.05, 4.69) is 29.2 Å². The lowest BCUT2D eigenvalue weighted by molar-refractivity contribution is 0.155. The van der Waals surface area contributed by atoms with E-state index in [0.29, 0.717) is 13.2 Å². The van der Waals surface area contributed by atoms with E-state index in [9.17, 15) is 0 Å². The molecule has 0 bridgehead atoms. The number of likely N-dealkylation sites (tertiary alicyclic amines) is 1. The largest absolute Gasteiger partial charge is 0.492 e. The Labute approximate surface area is 202 Å². The van der Waals surface area contributed by atoms with Crippen molar-refractivity contribution in [3.63, 3.8) is 0 Å². The molecule has 0 saturated carbocycles. The molecule has 5 heteroatoms. The van der Waals surface area contributed by atoms with Crippen LogP contribution in [-0.2, 0) is 13.0 Å². The predicted molar refractivity (Wildman–Crippen MR) is 134 cm³/mol. The molecule has 1 saturated heterocycles. The third-order valence-corrected chi connectivity index (χ3v) is 6.29. The molecule has 0 radical (unpaired) electrons. The zero-order chi connectivity index (χ0) is 21.3. The summed E-state index contributed by atoms with van der Waals surface area (Å²) in [4.78, 5) is 2.50. The average molecular weight is 472 g/mol. The molecule has 0 atom stereocenters. The third-order valence-electron chi connectivity index (χ3n) is 5.92. The molecule has 4 rings (SSSR count). The maximum atomic E-state index is 6.32. The van der Waals surface area contributed by atoms with Gasteiger partial charge in [-0.25, -0.2) is 0 Å². The Morgan fingerprint density at radius 3 is 2.09 bits per heavy atom. The maximum absolute atomic E-state index is 6.32. The van der Waals surface area contributed by atoms with Crippen molar-refractivity contribution >= 4 is 24.0 Å². The summed E-state index contributed by atoms with van der Waals surface area (Å²) in [5.41, 5.74) is 2.45. The zero-order valence-electron chi connectivity index (χ0n) is 18.3. The van der Waals surface area contributed by atoms with Crippen molar-refractivity contribution in [3.8, 4) is 11.5 Å². The lowest BCUT2D eigenvalue weighted by atomic mass is 9.90. The van der Waals surface area contributed by atoms with E-state index in [-0.39, 0.29) is 12.4 Å². The summed E-state index contributed by atoms with van der Waals surface area (Å²) in [6, 6.07) is 26.3. The summed E-state index contributed by atoms with van der Waals surface area (Å²) in [7, 11) is 0. The van der Waals surface area contributed by atoms with Crippen LogP contribution in [0, 0.1) is 5.92 Å². The van der Waals surface area contributed by atoms with E-state index in [1.807, 2.05) is 54.6 Å². The van der Waals surface area contributed by atoms with Gasteiger partial charge in [0.05, 0.1) is 0 Å². The predicted octanol–water partition coefficient (Wildman–Crippen LogP) is 6.67. The number of hydrogen-bond donors (Lipinski definition) is 0. The highest BCUT2D eigenvalue weighted by molar-refractivity contribution is 6.31. The highest BCUT2D eigenvalue weighted by atomic mass is 35.5. The molecule has 0 aromatic heterocycles. The fraction of sp³-hybridized carbons (Fsp3) is 0.333. The quantitative estimate of drug-likeness (QED) is 0.347.